The van der Waals surface area contributed by atoms with Crippen molar-refractivity contribution in [1.29, 1.82) is 0 Å². The van der Waals surface area contributed by atoms with E-state index in [1.54, 1.807) is 13.1 Å². The summed E-state index contributed by atoms with van der Waals surface area (Å²) in [5, 5.41) is 6.49. The van der Waals surface area contributed by atoms with E-state index in [1.807, 2.05) is 25.1 Å². The van der Waals surface area contributed by atoms with Crippen LogP contribution in [0.25, 0.3) is 0 Å². The molecule has 0 fully saturated rings. The molecule has 122 valence electrons. The molecule has 0 aliphatic carbocycles. The number of hydrogen-bond acceptors (Lipinski definition) is 4. The van der Waals surface area contributed by atoms with Crippen molar-refractivity contribution in [1.82, 2.24) is 10.3 Å². The Hall–Kier alpha value is -1.92. The molecule has 0 spiro atoms. The van der Waals surface area contributed by atoms with Crippen LogP contribution in [0.1, 0.15) is 29.9 Å². The molecule has 7 heteroatoms. The van der Waals surface area contributed by atoms with Gasteiger partial charge in [0, 0.05) is 29.4 Å². The van der Waals surface area contributed by atoms with Gasteiger partial charge in [-0.15, -0.1) is 11.3 Å². The quantitative estimate of drug-likeness (QED) is 0.869. The molecule has 23 heavy (non-hydrogen) atoms. The predicted molar refractivity (Wildman–Crippen MR) is 93.0 cm³/mol. The summed E-state index contributed by atoms with van der Waals surface area (Å²) >= 11 is 7.69. The molecule has 0 aliphatic heterocycles. The van der Waals surface area contributed by atoms with E-state index in [0.29, 0.717) is 11.6 Å². The second-order valence-corrected chi connectivity index (χ2v) is 6.76. The minimum absolute atomic E-state index is 0.249. The smallest absolute Gasteiger partial charge is 0.248 e. The van der Waals surface area contributed by atoms with E-state index < -0.39 is 6.04 Å². The Morgan fingerprint density at radius 2 is 2.13 bits per heavy atom. The first-order chi connectivity index (χ1) is 10.9. The average Bonchev–Trinajstić information content (AvgIpc) is 2.90. The molecule has 1 unspecified atom stereocenters. The maximum atomic E-state index is 11.9. The van der Waals surface area contributed by atoms with Crippen LogP contribution in [0.2, 0.25) is 5.02 Å². The van der Waals surface area contributed by atoms with Gasteiger partial charge in [-0.05, 0) is 25.0 Å². The molecule has 2 amide bonds. The summed E-state index contributed by atoms with van der Waals surface area (Å²) in [6.45, 7) is 4.96. The number of thiazole rings is 1. The number of rotatable bonds is 5. The Morgan fingerprint density at radius 1 is 1.39 bits per heavy atom. The fraction of sp³-hybridized carbons (Fsp3) is 0.312. The average molecular weight is 352 g/mol. The lowest BCUT2D eigenvalue weighted by Gasteiger charge is -2.10. The number of hydrogen-bond donors (Lipinski definition) is 2. The van der Waals surface area contributed by atoms with Gasteiger partial charge in [-0.1, -0.05) is 29.8 Å². The molecule has 0 bridgehead atoms. The Kier molecular flexibility index (Phi) is 5.74. The van der Waals surface area contributed by atoms with Crippen molar-refractivity contribution in [3.63, 3.8) is 0 Å². The Bertz CT molecular complexity index is 730. The highest BCUT2D eigenvalue weighted by molar-refractivity contribution is 7.15. The van der Waals surface area contributed by atoms with Gasteiger partial charge >= 0.3 is 0 Å². The van der Waals surface area contributed by atoms with Crippen molar-refractivity contribution < 1.29 is 9.59 Å². The normalized spacial score (nSPS) is 11.8. The van der Waals surface area contributed by atoms with E-state index in [0.717, 1.165) is 21.0 Å². The lowest BCUT2D eigenvalue weighted by atomic mass is 10.1. The molecule has 1 heterocycles. The van der Waals surface area contributed by atoms with Crippen molar-refractivity contribution in [2.24, 2.45) is 0 Å². The fourth-order valence-electron chi connectivity index (χ4n) is 2.06. The van der Waals surface area contributed by atoms with Gasteiger partial charge in [-0.3, -0.25) is 9.59 Å². The maximum Gasteiger partial charge on any atom is 0.248 e. The molecule has 1 atom stereocenters. The largest absolute Gasteiger partial charge is 0.345 e. The third-order valence-corrected chi connectivity index (χ3v) is 4.69. The van der Waals surface area contributed by atoms with Gasteiger partial charge in [0.25, 0.3) is 0 Å². The van der Waals surface area contributed by atoms with E-state index in [2.05, 4.69) is 15.6 Å². The number of aryl methyl sites for hydroxylation is 1. The topological polar surface area (TPSA) is 71.1 Å². The van der Waals surface area contributed by atoms with Crippen molar-refractivity contribution in [3.05, 3.63) is 45.4 Å². The minimum Gasteiger partial charge on any atom is -0.345 e. The third kappa shape index (κ3) is 4.77. The Morgan fingerprint density at radius 3 is 2.83 bits per heavy atom. The van der Waals surface area contributed by atoms with Gasteiger partial charge in [0.05, 0.1) is 0 Å². The van der Waals surface area contributed by atoms with Crippen LogP contribution in [0.4, 0.5) is 5.13 Å². The highest BCUT2D eigenvalue weighted by Crippen LogP contribution is 2.26. The number of nitrogens with one attached hydrogen (secondary N) is 2. The summed E-state index contributed by atoms with van der Waals surface area (Å²) in [4.78, 5) is 28.1. The lowest BCUT2D eigenvalue weighted by Crippen LogP contribution is -2.40. The van der Waals surface area contributed by atoms with Gasteiger partial charge in [-0.25, -0.2) is 4.98 Å². The summed E-state index contributed by atoms with van der Waals surface area (Å²) in [5.74, 6) is -0.545. The van der Waals surface area contributed by atoms with Crippen LogP contribution in [-0.4, -0.2) is 22.8 Å². The number of anilines is 1. The first kappa shape index (κ1) is 17.4. The summed E-state index contributed by atoms with van der Waals surface area (Å²) in [6.07, 6.45) is 2.39. The molecule has 2 aromatic rings. The number of halogens is 1. The first-order valence-electron chi connectivity index (χ1n) is 7.13. The Balaban J connectivity index is 2.02. The van der Waals surface area contributed by atoms with Gasteiger partial charge in [0.15, 0.2) is 5.13 Å². The summed E-state index contributed by atoms with van der Waals surface area (Å²) in [7, 11) is 0. The van der Waals surface area contributed by atoms with Crippen LogP contribution in [0.5, 0.6) is 0 Å². The lowest BCUT2D eigenvalue weighted by molar-refractivity contribution is -0.124. The monoisotopic (exact) mass is 351 g/mol. The molecular formula is C16H18ClN3O2S. The fourth-order valence-corrected chi connectivity index (χ4v) is 3.09. The highest BCUT2D eigenvalue weighted by Gasteiger charge is 2.15. The zero-order valence-corrected chi connectivity index (χ0v) is 14.7. The van der Waals surface area contributed by atoms with E-state index in [-0.39, 0.29) is 11.8 Å². The van der Waals surface area contributed by atoms with E-state index in [9.17, 15) is 9.59 Å². The van der Waals surface area contributed by atoms with Crippen LogP contribution in [0.3, 0.4) is 0 Å². The second kappa shape index (κ2) is 7.57. The molecule has 5 nitrogen and oxygen atoms in total. The SMILES string of the molecule is CC(=O)NC(C)C(=O)Nc1ncc(Cc2cccc(C)c2Cl)s1. The molecule has 0 saturated carbocycles. The number of nitrogens with zero attached hydrogens (tertiary/aromatic N) is 1. The van der Waals surface area contributed by atoms with Crippen molar-refractivity contribution in [2.75, 3.05) is 5.32 Å². The van der Waals surface area contributed by atoms with Crippen LogP contribution < -0.4 is 10.6 Å². The molecule has 1 aromatic heterocycles. The predicted octanol–water partition coefficient (Wildman–Crippen LogP) is 3.16. The molecule has 0 saturated heterocycles. The van der Waals surface area contributed by atoms with E-state index in [4.69, 9.17) is 11.6 Å². The van der Waals surface area contributed by atoms with E-state index in [1.165, 1.54) is 18.3 Å². The molecule has 2 rings (SSSR count). The van der Waals surface area contributed by atoms with Crippen LogP contribution in [0.15, 0.2) is 24.4 Å². The van der Waals surface area contributed by atoms with Gasteiger partial charge in [0.2, 0.25) is 11.8 Å². The first-order valence-corrected chi connectivity index (χ1v) is 8.33. The molecule has 2 N–H and O–H groups in total. The van der Waals surface area contributed by atoms with Gasteiger partial charge < -0.3 is 10.6 Å². The molecule has 0 radical (unpaired) electrons. The van der Waals surface area contributed by atoms with Crippen LogP contribution in [-0.2, 0) is 16.0 Å². The molecule has 0 aliphatic rings. The number of aromatic nitrogens is 1. The number of benzene rings is 1. The highest BCUT2D eigenvalue weighted by atomic mass is 35.5. The summed E-state index contributed by atoms with van der Waals surface area (Å²) in [5.41, 5.74) is 2.06. The van der Waals surface area contributed by atoms with Crippen LogP contribution in [0, 0.1) is 6.92 Å². The van der Waals surface area contributed by atoms with Gasteiger partial charge in [-0.2, -0.15) is 0 Å². The van der Waals surface area contributed by atoms with Gasteiger partial charge in [0.1, 0.15) is 6.04 Å². The zero-order chi connectivity index (χ0) is 17.0. The van der Waals surface area contributed by atoms with Crippen molar-refractivity contribution in [2.45, 2.75) is 33.2 Å². The number of carbonyl (C=O) groups is 2. The van der Waals surface area contributed by atoms with Crippen molar-refractivity contribution >= 4 is 39.9 Å². The second-order valence-electron chi connectivity index (χ2n) is 5.27. The standard InChI is InChI=1S/C16H18ClN3O2S/c1-9-5-4-6-12(14(9)17)7-13-8-18-16(23-13)20-15(22)10(2)19-11(3)21/h4-6,8,10H,7H2,1-3H3,(H,19,21)(H,18,20,22). The number of carbonyl (C=O) groups excluding carboxylic acids is 2. The number of amides is 2. The summed E-state index contributed by atoms with van der Waals surface area (Å²) < 4.78 is 0. The molecule has 1 aromatic carbocycles. The maximum absolute atomic E-state index is 11.9. The Labute approximate surface area is 144 Å². The van der Waals surface area contributed by atoms with Crippen LogP contribution >= 0.6 is 22.9 Å². The summed E-state index contributed by atoms with van der Waals surface area (Å²) in [6, 6.07) is 5.31. The minimum atomic E-state index is -0.605. The van der Waals surface area contributed by atoms with E-state index >= 15 is 0 Å². The molecular weight excluding hydrogens is 334 g/mol. The third-order valence-electron chi connectivity index (χ3n) is 3.23. The van der Waals surface area contributed by atoms with Crippen molar-refractivity contribution in [3.8, 4) is 0 Å². The zero-order valence-electron chi connectivity index (χ0n) is 13.1.